The van der Waals surface area contributed by atoms with Crippen LogP contribution in [0.2, 0.25) is 0 Å². The zero-order valence-electron chi connectivity index (χ0n) is 8.73. The summed E-state index contributed by atoms with van der Waals surface area (Å²) in [6.45, 7) is 0.633. The van der Waals surface area contributed by atoms with Crippen LogP contribution >= 0.6 is 38.6 Å². The summed E-state index contributed by atoms with van der Waals surface area (Å²) in [5.74, 6) is 0. The molecule has 17 heavy (non-hydrogen) atoms. The van der Waals surface area contributed by atoms with Crippen LogP contribution in [0.25, 0.3) is 0 Å². The van der Waals surface area contributed by atoms with Crippen LogP contribution in [-0.2, 0) is 6.54 Å². The normalized spacial score (nSPS) is 11.1. The maximum atomic E-state index is 12.4. The van der Waals surface area contributed by atoms with Crippen molar-refractivity contribution in [2.45, 2.75) is 13.0 Å². The zero-order chi connectivity index (χ0) is 12.4. The summed E-state index contributed by atoms with van der Waals surface area (Å²) >= 11 is 5.91. The highest BCUT2D eigenvalue weighted by atomic mass is 79.9. The van der Waals surface area contributed by atoms with E-state index < -0.39 is 6.43 Å². The molecule has 2 heterocycles. The van der Waals surface area contributed by atoms with E-state index in [-0.39, 0.29) is 5.01 Å². The van der Waals surface area contributed by atoms with Gasteiger partial charge >= 0.3 is 0 Å². The second kappa shape index (κ2) is 5.36. The fourth-order valence-corrected chi connectivity index (χ4v) is 3.40. The molecule has 0 spiro atoms. The summed E-state index contributed by atoms with van der Waals surface area (Å²) in [6, 6.07) is 3.94. The van der Waals surface area contributed by atoms with Crippen LogP contribution in [0.5, 0.6) is 0 Å². The molecule has 2 aromatic heterocycles. The number of hydrogen-bond donors (Lipinski definition) is 0. The van der Waals surface area contributed by atoms with E-state index in [4.69, 9.17) is 0 Å². The number of thiophene rings is 1. The lowest BCUT2D eigenvalue weighted by atomic mass is 10.4. The topological polar surface area (TPSA) is 29.0 Å². The average molecular weight is 340 g/mol. The van der Waals surface area contributed by atoms with Crippen molar-refractivity contribution in [3.05, 3.63) is 25.8 Å². The molecule has 0 saturated heterocycles. The number of rotatable bonds is 4. The van der Waals surface area contributed by atoms with Crippen LogP contribution in [0.4, 0.5) is 13.9 Å². The largest absolute Gasteiger partial charge is 0.345 e. The van der Waals surface area contributed by atoms with Gasteiger partial charge in [0.25, 0.3) is 6.43 Å². The van der Waals surface area contributed by atoms with E-state index in [1.807, 2.05) is 24.1 Å². The van der Waals surface area contributed by atoms with Crippen LogP contribution in [0, 0.1) is 0 Å². The standard InChI is InChI=1S/C9H8BrF2N3S2/c1-15(4-5-2-3-6(10)16-5)9-14-13-8(17-9)7(11)12/h2-3,7H,4H2,1H3. The van der Waals surface area contributed by atoms with E-state index in [0.29, 0.717) is 11.7 Å². The molecule has 3 nitrogen and oxygen atoms in total. The van der Waals surface area contributed by atoms with Crippen molar-refractivity contribution in [2.24, 2.45) is 0 Å². The van der Waals surface area contributed by atoms with Crippen molar-refractivity contribution in [3.8, 4) is 0 Å². The summed E-state index contributed by atoms with van der Waals surface area (Å²) < 4.78 is 25.8. The number of hydrogen-bond acceptors (Lipinski definition) is 5. The minimum Gasteiger partial charge on any atom is -0.345 e. The Hall–Kier alpha value is -0.600. The third-order valence-electron chi connectivity index (χ3n) is 1.97. The molecule has 8 heteroatoms. The maximum absolute atomic E-state index is 12.4. The van der Waals surface area contributed by atoms with Gasteiger partial charge in [-0.3, -0.25) is 0 Å². The third-order valence-corrected chi connectivity index (χ3v) is 4.62. The Morgan fingerprint density at radius 2 is 2.12 bits per heavy atom. The predicted octanol–water partition coefficient (Wildman–Crippen LogP) is 3.94. The fraction of sp³-hybridized carbons (Fsp3) is 0.333. The van der Waals surface area contributed by atoms with Crippen molar-refractivity contribution in [1.82, 2.24) is 10.2 Å². The molecule has 0 aliphatic rings. The number of alkyl halides is 2. The molecule has 2 aromatic rings. The zero-order valence-corrected chi connectivity index (χ0v) is 12.0. The van der Waals surface area contributed by atoms with Crippen LogP contribution < -0.4 is 4.90 Å². The highest BCUT2D eigenvalue weighted by Crippen LogP contribution is 2.29. The van der Waals surface area contributed by atoms with Gasteiger partial charge in [0.2, 0.25) is 5.13 Å². The smallest absolute Gasteiger partial charge is 0.291 e. The number of aromatic nitrogens is 2. The second-order valence-electron chi connectivity index (χ2n) is 3.29. The molecule has 0 atom stereocenters. The van der Waals surface area contributed by atoms with Gasteiger partial charge in [0, 0.05) is 11.9 Å². The monoisotopic (exact) mass is 339 g/mol. The molecule has 92 valence electrons. The Kier molecular flexibility index (Phi) is 4.05. The number of nitrogens with zero attached hydrogens (tertiary/aromatic N) is 3. The van der Waals surface area contributed by atoms with E-state index >= 15 is 0 Å². The van der Waals surface area contributed by atoms with Gasteiger partial charge in [-0.25, -0.2) is 8.78 Å². The molecule has 0 fully saturated rings. The summed E-state index contributed by atoms with van der Waals surface area (Å²) in [7, 11) is 1.81. The molecule has 0 aliphatic carbocycles. The fourth-order valence-electron chi connectivity index (χ4n) is 1.21. The van der Waals surface area contributed by atoms with E-state index in [1.165, 1.54) is 0 Å². The first-order valence-corrected chi connectivity index (χ1v) is 7.06. The Bertz CT molecular complexity index is 500. The summed E-state index contributed by atoms with van der Waals surface area (Å²) in [5, 5.41) is 7.47. The van der Waals surface area contributed by atoms with Crippen molar-refractivity contribution >= 4 is 43.7 Å². The summed E-state index contributed by atoms with van der Waals surface area (Å²) in [4.78, 5) is 2.94. The number of halogens is 3. The number of anilines is 1. The van der Waals surface area contributed by atoms with Gasteiger partial charge in [0.05, 0.1) is 10.3 Å². The predicted molar refractivity (Wildman–Crippen MR) is 69.0 cm³/mol. The first-order chi connectivity index (χ1) is 8.06. The van der Waals surface area contributed by atoms with Crippen molar-refractivity contribution in [2.75, 3.05) is 11.9 Å². The van der Waals surface area contributed by atoms with Crippen LogP contribution in [0.1, 0.15) is 16.3 Å². The maximum Gasteiger partial charge on any atom is 0.291 e. The van der Waals surface area contributed by atoms with Crippen molar-refractivity contribution in [3.63, 3.8) is 0 Å². The van der Waals surface area contributed by atoms with Crippen LogP contribution in [-0.4, -0.2) is 17.2 Å². The highest BCUT2D eigenvalue weighted by molar-refractivity contribution is 9.11. The molecule has 2 rings (SSSR count). The highest BCUT2D eigenvalue weighted by Gasteiger charge is 2.16. The van der Waals surface area contributed by atoms with E-state index in [9.17, 15) is 8.78 Å². The van der Waals surface area contributed by atoms with Gasteiger partial charge < -0.3 is 4.90 Å². The minimum atomic E-state index is -2.55. The van der Waals surface area contributed by atoms with E-state index in [1.54, 1.807) is 11.3 Å². The molecule has 0 N–H and O–H groups in total. The summed E-state index contributed by atoms with van der Waals surface area (Å²) in [5.41, 5.74) is 0. The Labute approximate surface area is 113 Å². The van der Waals surface area contributed by atoms with Crippen molar-refractivity contribution < 1.29 is 8.78 Å². The van der Waals surface area contributed by atoms with Crippen LogP contribution in [0.15, 0.2) is 15.9 Å². The summed E-state index contributed by atoms with van der Waals surface area (Å²) in [6.07, 6.45) is -2.55. The molecule has 0 radical (unpaired) electrons. The van der Waals surface area contributed by atoms with Gasteiger partial charge in [-0.2, -0.15) is 0 Å². The van der Waals surface area contributed by atoms with Crippen molar-refractivity contribution in [1.29, 1.82) is 0 Å². The van der Waals surface area contributed by atoms with Gasteiger partial charge in [-0.15, -0.1) is 21.5 Å². The Morgan fingerprint density at radius 1 is 1.35 bits per heavy atom. The Morgan fingerprint density at radius 3 is 2.65 bits per heavy atom. The minimum absolute atomic E-state index is 0.237. The Balaban J connectivity index is 2.06. The van der Waals surface area contributed by atoms with E-state index in [2.05, 4.69) is 26.1 Å². The average Bonchev–Trinajstić information content (AvgIpc) is 2.86. The third kappa shape index (κ3) is 3.20. The first kappa shape index (κ1) is 12.8. The molecule has 0 saturated carbocycles. The molecular weight excluding hydrogens is 332 g/mol. The molecular formula is C9H8BrF2N3S2. The molecule has 0 amide bonds. The lowest BCUT2D eigenvalue weighted by Crippen LogP contribution is -2.15. The molecule has 0 unspecified atom stereocenters. The molecule has 0 aromatic carbocycles. The second-order valence-corrected chi connectivity index (χ2v) is 6.82. The SMILES string of the molecule is CN(Cc1ccc(Br)s1)c1nnc(C(F)F)s1. The molecule has 0 aliphatic heterocycles. The lowest BCUT2D eigenvalue weighted by Gasteiger charge is -2.13. The van der Waals surface area contributed by atoms with Gasteiger partial charge in [0.1, 0.15) is 0 Å². The lowest BCUT2D eigenvalue weighted by molar-refractivity contribution is 0.150. The quantitative estimate of drug-likeness (QED) is 0.844. The van der Waals surface area contributed by atoms with Gasteiger partial charge in [-0.05, 0) is 28.1 Å². The van der Waals surface area contributed by atoms with Crippen LogP contribution in [0.3, 0.4) is 0 Å². The van der Waals surface area contributed by atoms with Gasteiger partial charge in [0.15, 0.2) is 5.01 Å². The molecule has 0 bridgehead atoms. The van der Waals surface area contributed by atoms with E-state index in [0.717, 1.165) is 20.0 Å². The van der Waals surface area contributed by atoms with Gasteiger partial charge in [-0.1, -0.05) is 11.3 Å². The first-order valence-electron chi connectivity index (χ1n) is 4.63.